The van der Waals surface area contributed by atoms with Crippen molar-refractivity contribution in [2.24, 2.45) is 0 Å². The van der Waals surface area contributed by atoms with Gasteiger partial charge in [-0.05, 0) is 58.2 Å². The first kappa shape index (κ1) is 17.6. The topological polar surface area (TPSA) is 61.8 Å². The number of nitrogens with zero attached hydrogens (tertiary/aromatic N) is 1. The Morgan fingerprint density at radius 3 is 2.57 bits per heavy atom. The molecule has 0 saturated carbocycles. The number of carbonyl (C=O) groups is 1. The van der Waals surface area contributed by atoms with Gasteiger partial charge in [0, 0.05) is 25.3 Å². The quantitative estimate of drug-likeness (QED) is 0.898. The fourth-order valence-electron chi connectivity index (χ4n) is 2.63. The summed E-state index contributed by atoms with van der Waals surface area (Å²) < 4.78 is 5.38. The standard InChI is InChI=1S/C18H28N2O3/c1-14-6-5-7-15(12-14)19-13-18(22)8-10-20(11-9-18)16(21)23-17(2,3)4/h5-7,12,19,22H,8-11,13H2,1-4H3. The molecule has 1 fully saturated rings. The van der Waals surface area contributed by atoms with E-state index in [4.69, 9.17) is 4.74 Å². The Hall–Kier alpha value is -1.75. The van der Waals surface area contributed by atoms with Gasteiger partial charge < -0.3 is 20.1 Å². The lowest BCUT2D eigenvalue weighted by atomic mass is 9.91. The van der Waals surface area contributed by atoms with Crippen molar-refractivity contribution in [1.29, 1.82) is 0 Å². The Morgan fingerprint density at radius 2 is 2.00 bits per heavy atom. The number of ether oxygens (including phenoxy) is 1. The third kappa shape index (κ3) is 5.43. The first-order chi connectivity index (χ1) is 10.7. The predicted octanol–water partition coefficient (Wildman–Crippen LogP) is 3.17. The molecular weight excluding hydrogens is 292 g/mol. The summed E-state index contributed by atoms with van der Waals surface area (Å²) in [5, 5.41) is 14.0. The average Bonchev–Trinajstić information content (AvgIpc) is 2.44. The van der Waals surface area contributed by atoms with E-state index in [0.29, 0.717) is 32.5 Å². The zero-order valence-electron chi connectivity index (χ0n) is 14.6. The van der Waals surface area contributed by atoms with Gasteiger partial charge in [0.1, 0.15) is 5.60 Å². The Bertz CT molecular complexity index is 543. The number of likely N-dealkylation sites (tertiary alicyclic amines) is 1. The first-order valence-corrected chi connectivity index (χ1v) is 8.18. The van der Waals surface area contributed by atoms with Crippen LogP contribution in [-0.4, -0.2) is 46.9 Å². The summed E-state index contributed by atoms with van der Waals surface area (Å²) in [5.41, 5.74) is 0.912. The summed E-state index contributed by atoms with van der Waals surface area (Å²) in [7, 11) is 0. The number of piperidine rings is 1. The summed E-state index contributed by atoms with van der Waals surface area (Å²) in [6.07, 6.45) is 0.794. The van der Waals surface area contributed by atoms with Gasteiger partial charge in [-0.25, -0.2) is 4.79 Å². The molecule has 1 aromatic rings. The molecule has 5 nitrogen and oxygen atoms in total. The molecule has 2 rings (SSSR count). The van der Waals surface area contributed by atoms with Crippen LogP contribution in [0.1, 0.15) is 39.2 Å². The molecule has 1 saturated heterocycles. The molecule has 0 radical (unpaired) electrons. The van der Waals surface area contributed by atoms with E-state index in [0.717, 1.165) is 5.69 Å². The number of amides is 1. The minimum absolute atomic E-state index is 0.300. The van der Waals surface area contributed by atoms with Gasteiger partial charge in [-0.2, -0.15) is 0 Å². The van der Waals surface area contributed by atoms with Crippen LogP contribution < -0.4 is 5.32 Å². The molecule has 1 heterocycles. The van der Waals surface area contributed by atoms with E-state index >= 15 is 0 Å². The molecule has 1 aliphatic rings. The van der Waals surface area contributed by atoms with Crippen molar-refractivity contribution >= 4 is 11.8 Å². The summed E-state index contributed by atoms with van der Waals surface area (Å²) in [6, 6.07) is 8.08. The highest BCUT2D eigenvalue weighted by Gasteiger charge is 2.35. The first-order valence-electron chi connectivity index (χ1n) is 8.18. The Kier molecular flexibility index (Phi) is 5.19. The molecule has 2 N–H and O–H groups in total. The van der Waals surface area contributed by atoms with Crippen molar-refractivity contribution in [2.75, 3.05) is 25.0 Å². The highest BCUT2D eigenvalue weighted by atomic mass is 16.6. The van der Waals surface area contributed by atoms with Gasteiger partial charge >= 0.3 is 6.09 Å². The van der Waals surface area contributed by atoms with Gasteiger partial charge in [0.15, 0.2) is 0 Å². The van der Waals surface area contributed by atoms with Crippen LogP contribution in [0.15, 0.2) is 24.3 Å². The second-order valence-electron chi connectivity index (χ2n) is 7.41. The number of aliphatic hydroxyl groups is 1. The molecule has 1 aliphatic heterocycles. The fourth-order valence-corrected chi connectivity index (χ4v) is 2.63. The molecule has 5 heteroatoms. The number of hydrogen-bond donors (Lipinski definition) is 2. The van der Waals surface area contributed by atoms with Crippen LogP contribution >= 0.6 is 0 Å². The number of rotatable bonds is 3. The number of aryl methyl sites for hydroxylation is 1. The van der Waals surface area contributed by atoms with Crippen molar-refractivity contribution in [3.05, 3.63) is 29.8 Å². The molecule has 1 aromatic carbocycles. The maximum Gasteiger partial charge on any atom is 0.410 e. The summed E-state index contributed by atoms with van der Waals surface area (Å²) in [5.74, 6) is 0. The van der Waals surface area contributed by atoms with Crippen LogP contribution in [0.5, 0.6) is 0 Å². The third-order valence-corrected chi connectivity index (χ3v) is 3.99. The van der Waals surface area contributed by atoms with Crippen LogP contribution in [-0.2, 0) is 4.74 Å². The number of hydrogen-bond acceptors (Lipinski definition) is 4. The lowest BCUT2D eigenvalue weighted by molar-refractivity contribution is -0.0244. The van der Waals surface area contributed by atoms with Crippen molar-refractivity contribution in [3.8, 4) is 0 Å². The third-order valence-electron chi connectivity index (χ3n) is 3.99. The Morgan fingerprint density at radius 1 is 1.35 bits per heavy atom. The SMILES string of the molecule is Cc1cccc(NCC2(O)CCN(C(=O)OC(C)(C)C)CC2)c1. The van der Waals surface area contributed by atoms with Crippen molar-refractivity contribution in [2.45, 2.75) is 51.7 Å². The molecule has 128 valence electrons. The van der Waals surface area contributed by atoms with Gasteiger partial charge in [0.25, 0.3) is 0 Å². The zero-order chi connectivity index (χ0) is 17.1. The van der Waals surface area contributed by atoms with Gasteiger partial charge in [0.05, 0.1) is 5.60 Å². The summed E-state index contributed by atoms with van der Waals surface area (Å²) in [4.78, 5) is 13.7. The van der Waals surface area contributed by atoms with Crippen LogP contribution in [0.3, 0.4) is 0 Å². The van der Waals surface area contributed by atoms with Crippen molar-refractivity contribution in [3.63, 3.8) is 0 Å². The van der Waals surface area contributed by atoms with Gasteiger partial charge in [-0.15, -0.1) is 0 Å². The lowest BCUT2D eigenvalue weighted by Gasteiger charge is -2.38. The Labute approximate surface area is 138 Å². The molecule has 0 aliphatic carbocycles. The molecule has 0 atom stereocenters. The molecule has 0 spiro atoms. The van der Waals surface area contributed by atoms with E-state index in [1.807, 2.05) is 45.9 Å². The minimum atomic E-state index is -0.789. The lowest BCUT2D eigenvalue weighted by Crippen LogP contribution is -2.50. The fraction of sp³-hybridized carbons (Fsp3) is 0.611. The molecular formula is C18H28N2O3. The van der Waals surface area contributed by atoms with E-state index in [9.17, 15) is 9.90 Å². The van der Waals surface area contributed by atoms with Crippen LogP contribution in [0.2, 0.25) is 0 Å². The highest BCUT2D eigenvalue weighted by Crippen LogP contribution is 2.24. The van der Waals surface area contributed by atoms with Gasteiger partial charge in [0.2, 0.25) is 0 Å². The number of nitrogens with one attached hydrogen (secondary N) is 1. The number of benzene rings is 1. The average molecular weight is 320 g/mol. The maximum atomic E-state index is 12.0. The van der Waals surface area contributed by atoms with E-state index in [1.54, 1.807) is 4.90 Å². The largest absolute Gasteiger partial charge is 0.444 e. The van der Waals surface area contributed by atoms with E-state index in [-0.39, 0.29) is 6.09 Å². The Balaban J connectivity index is 1.83. The number of carbonyl (C=O) groups excluding carboxylic acids is 1. The molecule has 23 heavy (non-hydrogen) atoms. The maximum absolute atomic E-state index is 12.0. The smallest absolute Gasteiger partial charge is 0.410 e. The summed E-state index contributed by atoms with van der Waals surface area (Å²) in [6.45, 7) is 9.13. The predicted molar refractivity (Wildman–Crippen MR) is 91.7 cm³/mol. The van der Waals surface area contributed by atoms with E-state index < -0.39 is 11.2 Å². The zero-order valence-corrected chi connectivity index (χ0v) is 14.6. The molecule has 1 amide bonds. The molecule has 0 aromatic heterocycles. The minimum Gasteiger partial charge on any atom is -0.444 e. The van der Waals surface area contributed by atoms with Gasteiger partial charge in [-0.1, -0.05) is 12.1 Å². The number of anilines is 1. The second kappa shape index (κ2) is 6.79. The summed E-state index contributed by atoms with van der Waals surface area (Å²) >= 11 is 0. The van der Waals surface area contributed by atoms with Crippen LogP contribution in [0.25, 0.3) is 0 Å². The van der Waals surface area contributed by atoms with Gasteiger partial charge in [-0.3, -0.25) is 0 Å². The van der Waals surface area contributed by atoms with Crippen molar-refractivity contribution in [1.82, 2.24) is 4.90 Å². The molecule has 0 bridgehead atoms. The second-order valence-corrected chi connectivity index (χ2v) is 7.41. The van der Waals surface area contributed by atoms with E-state index in [2.05, 4.69) is 11.4 Å². The monoisotopic (exact) mass is 320 g/mol. The van der Waals surface area contributed by atoms with E-state index in [1.165, 1.54) is 5.56 Å². The van der Waals surface area contributed by atoms with Crippen LogP contribution in [0.4, 0.5) is 10.5 Å². The normalized spacial score (nSPS) is 17.7. The van der Waals surface area contributed by atoms with Crippen molar-refractivity contribution < 1.29 is 14.6 Å². The highest BCUT2D eigenvalue weighted by molar-refractivity contribution is 5.68. The van der Waals surface area contributed by atoms with Crippen LogP contribution in [0, 0.1) is 6.92 Å². The molecule has 0 unspecified atom stereocenters.